The van der Waals surface area contributed by atoms with Gasteiger partial charge in [0.15, 0.2) is 5.78 Å². The first kappa shape index (κ1) is 76.9. The van der Waals surface area contributed by atoms with Crippen molar-refractivity contribution < 1.29 is 79.5 Å². The number of likely N-dealkylation sites (N-methyl/N-ethyl adjacent to an activating group) is 2. The average Bonchev–Trinajstić information content (AvgIpc) is 2.21. The number of aliphatic hydroxyl groups is 1. The fourth-order valence-electron chi connectivity index (χ4n) is 11.5. The van der Waals surface area contributed by atoms with Gasteiger partial charge >= 0.3 is 23.2 Å². The van der Waals surface area contributed by atoms with Crippen molar-refractivity contribution in [3.05, 3.63) is 71.5 Å². The molecule has 485 valence electrons. The summed E-state index contributed by atoms with van der Waals surface area (Å²) < 4.78 is 17.6. The molecule has 86 heavy (non-hydrogen) atoms. The molecule has 2 aliphatic rings. The number of carbonyl (C=O) groups excluding carboxylic acids is 9. The minimum absolute atomic E-state index is 0. The topological polar surface area (TPSA) is 250 Å². The van der Waals surface area contributed by atoms with Gasteiger partial charge in [0.25, 0.3) is 0 Å². The van der Waals surface area contributed by atoms with Crippen molar-refractivity contribution in [1.82, 2.24) is 24.9 Å². The third-order valence-corrected chi connectivity index (χ3v) is 17.9. The minimum atomic E-state index is -0.834. The Balaban J connectivity index is 0.000000879. The van der Waals surface area contributed by atoms with Gasteiger partial charge in [-0.2, -0.15) is 11.8 Å². The van der Waals surface area contributed by atoms with E-state index in [0.29, 0.717) is 57.3 Å². The summed E-state index contributed by atoms with van der Waals surface area (Å²) in [5.74, 6) is -3.12. The first-order valence-electron chi connectivity index (χ1n) is 30.3. The molecule has 2 aromatic carbocycles. The van der Waals surface area contributed by atoms with E-state index in [-0.39, 0.29) is 125 Å². The predicted octanol–water partition coefficient (Wildman–Crippen LogP) is 9.73. The van der Waals surface area contributed by atoms with Crippen molar-refractivity contribution >= 4 is 70.9 Å². The van der Waals surface area contributed by atoms with Crippen molar-refractivity contribution in [1.29, 1.82) is 0 Å². The largest absolute Gasteiger partial charge is 2.00 e. The number of nitrogens with zero attached hydrogens (tertiary/aromatic N) is 4. The molecular formula is C65H100CuN6O13S. The second kappa shape index (κ2) is 38.3. The van der Waals surface area contributed by atoms with E-state index in [1.54, 1.807) is 55.3 Å². The van der Waals surface area contributed by atoms with Gasteiger partial charge in [-0.05, 0) is 66.7 Å². The monoisotopic (exact) mass is 1270 g/mol. The number of amides is 6. The summed E-state index contributed by atoms with van der Waals surface area (Å²) in [4.78, 5) is 122. The van der Waals surface area contributed by atoms with Crippen molar-refractivity contribution in [2.75, 3.05) is 47.7 Å². The van der Waals surface area contributed by atoms with Crippen molar-refractivity contribution in [2.24, 2.45) is 41.4 Å². The van der Waals surface area contributed by atoms with E-state index >= 15 is 0 Å². The Kier molecular flexibility index (Phi) is 34.2. The average molecular weight is 1270 g/mol. The van der Waals surface area contributed by atoms with E-state index in [2.05, 4.69) is 5.32 Å². The van der Waals surface area contributed by atoms with Gasteiger partial charge in [0.05, 0.1) is 48.1 Å². The molecular weight excluding hydrogens is 1170 g/mol. The van der Waals surface area contributed by atoms with E-state index in [1.807, 2.05) is 112 Å². The fourth-order valence-corrected chi connectivity index (χ4v) is 12.2. The number of ketones is 2. The standard InChI is InChI=1S/C49H75N4O9.C16H25N2O4S.Cu/c1-13-32(6)45(51(9)48(58)38(30(2)3)27-41(55)44(31(4)5)52(10)49(59)62-29-35-21-23-37(50)24-22-35)42(60-11)28-43(56)53-25-17-20-39(53)47(61-12)34(8)40(54)26-33(7)46(57)36-18-15-14-16-19-36;1-11(2)12(10-19)17-14(20)7-5-4-6-8-18-15(21)9-13(23-3)16(18)22;/h14-16,18-19,21-24,30-34,38-39,42,44-47,50,57H,13,17,20,25-29H2,1-12H3;11-13H,4-9H2,1-3H3,(H,17,20);/q2*-1;+2/t32-,33-,34-,38-,39-,42+,44-,45-,46+,47+;12-,13?;/m01./s1. The second-order valence-corrected chi connectivity index (χ2v) is 25.2. The van der Waals surface area contributed by atoms with E-state index < -0.39 is 54.4 Å². The zero-order chi connectivity index (χ0) is 63.8. The SMILES string of the molecule is CC[C@H](C)[C@@H]([C@@H](CC(=O)N1CCC[C@H]1[C@H](OC)[C@@H](C)C(=O)C[C@H](C)[C@@H](O)c1ccccc1)OC)N(C)C(=O)[C@@H](CC(=O)[C@H](C(C)C)N(C)C(=O)OCc1ccc([NH-])cc1)C(C)C.CSC1CC(=O)N(CCCCCC(=O)N[C@H]([C-]=O)C(C)C)C1=O.[Cu+2]. The molecule has 2 aromatic rings. The molecule has 1 unspecified atom stereocenters. The molecule has 1 radical (unpaired) electrons. The van der Waals surface area contributed by atoms with Crippen LogP contribution in [0.1, 0.15) is 157 Å². The Hall–Kier alpha value is -5.18. The fraction of sp³-hybridized carbons (Fsp3) is 0.677. The number of nitrogens with one attached hydrogen (secondary N) is 2. The summed E-state index contributed by atoms with van der Waals surface area (Å²) in [6, 6.07) is 13.7. The number of hydrogen-bond donors (Lipinski definition) is 2. The molecule has 6 amide bonds. The van der Waals surface area contributed by atoms with E-state index in [0.717, 1.165) is 24.0 Å². The normalized spacial score (nSPS) is 18.5. The number of imide groups is 1. The molecule has 3 N–H and O–H groups in total. The molecule has 2 saturated heterocycles. The number of thioether (sulfide) groups is 1. The van der Waals surface area contributed by atoms with Crippen LogP contribution in [0.25, 0.3) is 5.73 Å². The maximum Gasteiger partial charge on any atom is 2.00 e. The van der Waals surface area contributed by atoms with Crippen LogP contribution in [-0.4, -0.2) is 167 Å². The summed E-state index contributed by atoms with van der Waals surface area (Å²) in [6.45, 7) is 19.9. The zero-order valence-electron chi connectivity index (χ0n) is 53.6. The molecule has 2 aliphatic heterocycles. The molecule has 4 rings (SSSR count). The number of rotatable bonds is 34. The van der Waals surface area contributed by atoms with Gasteiger partial charge in [-0.3, -0.25) is 38.5 Å². The van der Waals surface area contributed by atoms with Crippen LogP contribution in [0.4, 0.5) is 10.5 Å². The van der Waals surface area contributed by atoms with Crippen LogP contribution in [-0.2, 0) is 76.2 Å². The second-order valence-electron chi connectivity index (χ2n) is 24.2. The summed E-state index contributed by atoms with van der Waals surface area (Å²) in [5.41, 5.74) is 9.51. The molecule has 2 heterocycles. The molecule has 0 spiro atoms. The van der Waals surface area contributed by atoms with Crippen molar-refractivity contribution in [2.45, 2.75) is 194 Å². The van der Waals surface area contributed by atoms with E-state index in [4.69, 9.17) is 19.9 Å². The quantitative estimate of drug-likeness (QED) is 0.0286. The maximum atomic E-state index is 14.6. The molecule has 21 heteroatoms. The van der Waals surface area contributed by atoms with Crippen LogP contribution in [0.5, 0.6) is 0 Å². The molecule has 2 fully saturated rings. The number of carbonyl (C=O) groups is 8. The molecule has 0 aromatic heterocycles. The van der Waals surface area contributed by atoms with E-state index in [9.17, 15) is 48.3 Å². The Morgan fingerprint density at radius 2 is 1.45 bits per heavy atom. The first-order chi connectivity index (χ1) is 40.2. The summed E-state index contributed by atoms with van der Waals surface area (Å²) >= 11 is 1.41. The predicted molar refractivity (Wildman–Crippen MR) is 331 cm³/mol. The minimum Gasteiger partial charge on any atom is -0.699 e. The van der Waals surface area contributed by atoms with E-state index in [1.165, 1.54) is 28.6 Å². The van der Waals surface area contributed by atoms with Crippen LogP contribution in [0.2, 0.25) is 0 Å². The van der Waals surface area contributed by atoms with Crippen LogP contribution in [0.15, 0.2) is 54.6 Å². The Morgan fingerprint density at radius 3 is 1.99 bits per heavy atom. The number of aliphatic hydroxyl groups excluding tert-OH is 1. The van der Waals surface area contributed by atoms with Crippen LogP contribution in [0, 0.1) is 41.4 Å². The number of hydrogen-bond acceptors (Lipinski definition) is 14. The number of unbranched alkanes of at least 4 members (excludes halogenated alkanes) is 2. The Bertz CT molecular complexity index is 2470. The van der Waals surface area contributed by atoms with Gasteiger partial charge in [-0.1, -0.05) is 149 Å². The third-order valence-electron chi connectivity index (χ3n) is 17.0. The van der Waals surface area contributed by atoms with Crippen LogP contribution < -0.4 is 5.32 Å². The molecule has 0 aliphatic carbocycles. The zero-order valence-corrected chi connectivity index (χ0v) is 55.4. The van der Waals surface area contributed by atoms with Crippen molar-refractivity contribution in [3.8, 4) is 0 Å². The van der Waals surface area contributed by atoms with Crippen molar-refractivity contribution in [3.63, 3.8) is 0 Å². The summed E-state index contributed by atoms with van der Waals surface area (Å²) in [6.07, 6.45) is 5.92. The maximum absolute atomic E-state index is 14.6. The molecule has 12 atom stereocenters. The van der Waals surface area contributed by atoms with Gasteiger partial charge in [-0.25, -0.2) is 11.1 Å². The van der Waals surface area contributed by atoms with Crippen LogP contribution >= 0.6 is 11.8 Å². The number of methoxy groups -OCH3 is 2. The van der Waals surface area contributed by atoms with Crippen LogP contribution in [0.3, 0.4) is 0 Å². The number of Topliss-reactive ketones (excluding diaryl/α,β-unsaturated/α-hetero) is 2. The molecule has 0 bridgehead atoms. The number of benzene rings is 2. The Morgan fingerprint density at radius 1 is 0.814 bits per heavy atom. The van der Waals surface area contributed by atoms with Gasteiger partial charge < -0.3 is 49.9 Å². The number of likely N-dealkylation sites (tertiary alicyclic amines) is 2. The summed E-state index contributed by atoms with van der Waals surface area (Å²) in [7, 11) is 6.37. The number of ether oxygens (including phenoxy) is 3. The third kappa shape index (κ3) is 22.4. The molecule has 19 nitrogen and oxygen atoms in total. The first-order valence-corrected chi connectivity index (χ1v) is 31.6. The van der Waals surface area contributed by atoms with Gasteiger partial charge in [0, 0.05) is 78.9 Å². The molecule has 0 saturated carbocycles. The van der Waals surface area contributed by atoms with Gasteiger partial charge in [-0.15, -0.1) is 5.69 Å². The smallest absolute Gasteiger partial charge is 0.699 e. The van der Waals surface area contributed by atoms with Gasteiger partial charge in [0.1, 0.15) is 12.4 Å². The summed E-state index contributed by atoms with van der Waals surface area (Å²) in [5, 5.41) is 13.3. The van der Waals surface area contributed by atoms with Gasteiger partial charge in [0.2, 0.25) is 29.5 Å². The Labute approximate surface area is 527 Å².